The van der Waals surface area contributed by atoms with Crippen molar-refractivity contribution in [2.75, 3.05) is 13.2 Å². The Morgan fingerprint density at radius 2 is 0.553 bits per heavy atom. The van der Waals surface area contributed by atoms with Gasteiger partial charge >= 0.3 is 5.97 Å². The zero-order chi connectivity index (χ0) is 61.3. The molecule has 0 aliphatic heterocycles. The SMILES string of the molecule is CCCCCC/C=C\CCCCCCCC(=O)OCCCCCCCCCCCCCC/C=C\CCCCCCCCCCCCCCCCCCCC(=O)NC(CO)C(O)CCCCCCCCCCCCCCCCCCCCCCCC. The number of unbranched alkanes of at least 4 members (excludes halogenated alkanes) is 59. The molecule has 504 valence electrons. The van der Waals surface area contributed by atoms with E-state index in [1.807, 2.05) is 0 Å². The van der Waals surface area contributed by atoms with Gasteiger partial charge < -0.3 is 20.3 Å². The second-order valence-electron chi connectivity index (χ2n) is 27.0. The van der Waals surface area contributed by atoms with E-state index in [9.17, 15) is 19.8 Å². The monoisotopic (exact) mass is 1200 g/mol. The van der Waals surface area contributed by atoms with Crippen LogP contribution in [0.1, 0.15) is 444 Å². The lowest BCUT2D eigenvalue weighted by Crippen LogP contribution is -2.45. The molecular formula is C79H153NO5. The van der Waals surface area contributed by atoms with Gasteiger partial charge in [0.15, 0.2) is 0 Å². The second-order valence-corrected chi connectivity index (χ2v) is 27.0. The van der Waals surface area contributed by atoms with E-state index in [1.54, 1.807) is 0 Å². The summed E-state index contributed by atoms with van der Waals surface area (Å²) in [6.45, 7) is 4.98. The first-order chi connectivity index (χ1) is 42.0. The highest BCUT2D eigenvalue weighted by Gasteiger charge is 2.20. The number of amides is 1. The molecule has 0 rings (SSSR count). The first-order valence-electron chi connectivity index (χ1n) is 39.1. The van der Waals surface area contributed by atoms with Crippen molar-refractivity contribution >= 4 is 11.9 Å². The molecule has 0 aromatic heterocycles. The Labute approximate surface area is 532 Å². The number of aliphatic hydroxyl groups excluding tert-OH is 2. The number of carbonyl (C=O) groups excluding carboxylic acids is 2. The summed E-state index contributed by atoms with van der Waals surface area (Å²) < 4.78 is 5.48. The van der Waals surface area contributed by atoms with Gasteiger partial charge in [-0.25, -0.2) is 0 Å². The van der Waals surface area contributed by atoms with Crippen molar-refractivity contribution in [2.24, 2.45) is 0 Å². The Morgan fingerprint density at radius 3 is 0.847 bits per heavy atom. The van der Waals surface area contributed by atoms with Crippen LogP contribution in [0, 0.1) is 0 Å². The van der Waals surface area contributed by atoms with Gasteiger partial charge in [-0.2, -0.15) is 0 Å². The maximum absolute atomic E-state index is 12.6. The minimum atomic E-state index is -0.663. The predicted octanol–water partition coefficient (Wildman–Crippen LogP) is 25.7. The van der Waals surface area contributed by atoms with E-state index in [4.69, 9.17) is 4.74 Å². The summed E-state index contributed by atoms with van der Waals surface area (Å²) in [6, 6.07) is -0.540. The van der Waals surface area contributed by atoms with Gasteiger partial charge in [-0.3, -0.25) is 9.59 Å². The number of hydrogen-bond acceptors (Lipinski definition) is 5. The molecule has 3 N–H and O–H groups in total. The molecular weight excluding hydrogens is 1040 g/mol. The third-order valence-corrected chi connectivity index (χ3v) is 18.5. The van der Waals surface area contributed by atoms with Gasteiger partial charge in [0.05, 0.1) is 25.4 Å². The fourth-order valence-corrected chi connectivity index (χ4v) is 12.5. The van der Waals surface area contributed by atoms with Gasteiger partial charge in [-0.05, 0) is 77.0 Å². The second kappa shape index (κ2) is 74.8. The Hall–Kier alpha value is -1.66. The third-order valence-electron chi connectivity index (χ3n) is 18.5. The smallest absolute Gasteiger partial charge is 0.305 e. The number of nitrogens with one attached hydrogen (secondary N) is 1. The average molecular weight is 1200 g/mol. The van der Waals surface area contributed by atoms with Crippen molar-refractivity contribution in [3.05, 3.63) is 24.3 Å². The zero-order valence-corrected chi connectivity index (χ0v) is 57.9. The molecule has 0 saturated carbocycles. The number of allylic oxidation sites excluding steroid dienone is 4. The summed E-state index contributed by atoms with van der Waals surface area (Å²) in [4.78, 5) is 24.6. The van der Waals surface area contributed by atoms with Gasteiger partial charge in [0, 0.05) is 12.8 Å². The van der Waals surface area contributed by atoms with Gasteiger partial charge in [0.25, 0.3) is 0 Å². The Kier molecular flexibility index (Phi) is 73.3. The van der Waals surface area contributed by atoms with Crippen LogP contribution in [0.3, 0.4) is 0 Å². The summed E-state index contributed by atoms with van der Waals surface area (Å²) in [5.74, 6) is -0.0162. The maximum Gasteiger partial charge on any atom is 0.305 e. The molecule has 0 aromatic rings. The number of ether oxygens (including phenoxy) is 1. The standard InChI is InChI=1S/C79H153NO5/c1-3-5-7-9-11-13-15-17-18-19-20-21-35-38-41-44-48-51-55-59-63-67-71-77(82)76(75-81)80-78(83)72-68-64-60-56-52-49-45-42-39-36-33-31-29-27-25-23-22-24-26-28-30-32-34-37-40-43-46-50-54-58-62-66-70-74-85-79(84)73-69-65-61-57-53-47-16-14-12-10-8-6-4-2/h14,16,26,28,76-77,81-82H,3-13,15,17-25,27,29-75H2,1-2H3,(H,80,83)/b16-14-,28-26-. The molecule has 2 atom stereocenters. The molecule has 0 heterocycles. The summed E-state index contributed by atoms with van der Waals surface area (Å²) in [5.41, 5.74) is 0. The lowest BCUT2D eigenvalue weighted by molar-refractivity contribution is -0.143. The van der Waals surface area contributed by atoms with E-state index < -0.39 is 12.1 Å². The highest BCUT2D eigenvalue weighted by atomic mass is 16.5. The largest absolute Gasteiger partial charge is 0.466 e. The molecule has 6 nitrogen and oxygen atoms in total. The van der Waals surface area contributed by atoms with Crippen LogP contribution >= 0.6 is 0 Å². The van der Waals surface area contributed by atoms with E-state index in [0.717, 1.165) is 44.9 Å². The van der Waals surface area contributed by atoms with Gasteiger partial charge in [-0.1, -0.05) is 378 Å². The Bertz CT molecular complexity index is 1330. The molecule has 0 aliphatic carbocycles. The van der Waals surface area contributed by atoms with Gasteiger partial charge in [0.2, 0.25) is 5.91 Å². The Morgan fingerprint density at radius 1 is 0.318 bits per heavy atom. The zero-order valence-electron chi connectivity index (χ0n) is 57.9. The van der Waals surface area contributed by atoms with E-state index in [0.29, 0.717) is 25.9 Å². The van der Waals surface area contributed by atoms with Gasteiger partial charge in [-0.15, -0.1) is 0 Å². The first-order valence-corrected chi connectivity index (χ1v) is 39.1. The van der Waals surface area contributed by atoms with Crippen molar-refractivity contribution in [1.29, 1.82) is 0 Å². The van der Waals surface area contributed by atoms with Crippen molar-refractivity contribution in [1.82, 2.24) is 5.32 Å². The minimum absolute atomic E-state index is 0.0103. The fourth-order valence-electron chi connectivity index (χ4n) is 12.5. The normalized spacial score (nSPS) is 12.6. The number of hydrogen-bond donors (Lipinski definition) is 3. The quantitative estimate of drug-likeness (QED) is 0.0320. The summed E-state index contributed by atoms with van der Waals surface area (Å²) in [7, 11) is 0. The lowest BCUT2D eigenvalue weighted by atomic mass is 10.0. The van der Waals surface area contributed by atoms with Crippen LogP contribution in [-0.4, -0.2) is 47.4 Å². The molecule has 85 heavy (non-hydrogen) atoms. The van der Waals surface area contributed by atoms with Crippen molar-refractivity contribution in [3.8, 4) is 0 Å². The van der Waals surface area contributed by atoms with Crippen LogP contribution in [0.15, 0.2) is 24.3 Å². The van der Waals surface area contributed by atoms with Crippen LogP contribution in [0.5, 0.6) is 0 Å². The first kappa shape index (κ1) is 83.3. The van der Waals surface area contributed by atoms with Crippen LogP contribution in [0.25, 0.3) is 0 Å². The van der Waals surface area contributed by atoms with E-state index in [2.05, 4.69) is 43.5 Å². The molecule has 0 bridgehead atoms. The molecule has 6 heteroatoms. The highest BCUT2D eigenvalue weighted by molar-refractivity contribution is 5.76. The molecule has 1 amide bonds. The highest BCUT2D eigenvalue weighted by Crippen LogP contribution is 2.20. The van der Waals surface area contributed by atoms with Crippen molar-refractivity contribution < 1.29 is 24.5 Å². The van der Waals surface area contributed by atoms with Crippen LogP contribution < -0.4 is 5.32 Å². The number of carbonyl (C=O) groups is 2. The topological polar surface area (TPSA) is 95.9 Å². The Balaban J connectivity index is 3.35. The van der Waals surface area contributed by atoms with E-state index >= 15 is 0 Å². The van der Waals surface area contributed by atoms with Crippen molar-refractivity contribution in [2.45, 2.75) is 456 Å². The third kappa shape index (κ3) is 71.3. The molecule has 0 aromatic carbocycles. The van der Waals surface area contributed by atoms with Gasteiger partial charge in [0.1, 0.15) is 0 Å². The van der Waals surface area contributed by atoms with E-state index in [-0.39, 0.29) is 18.5 Å². The lowest BCUT2D eigenvalue weighted by Gasteiger charge is -2.22. The molecule has 0 fully saturated rings. The molecule has 0 radical (unpaired) electrons. The maximum atomic E-state index is 12.6. The predicted molar refractivity (Wildman–Crippen MR) is 375 cm³/mol. The molecule has 0 spiro atoms. The van der Waals surface area contributed by atoms with Crippen LogP contribution in [-0.2, 0) is 14.3 Å². The molecule has 2 unspecified atom stereocenters. The summed E-state index contributed by atoms with van der Waals surface area (Å²) >= 11 is 0. The number of esters is 1. The average Bonchev–Trinajstić information content (AvgIpc) is 3.51. The van der Waals surface area contributed by atoms with Crippen LogP contribution in [0.2, 0.25) is 0 Å². The molecule has 0 saturated heterocycles. The van der Waals surface area contributed by atoms with E-state index in [1.165, 1.54) is 366 Å². The number of aliphatic hydroxyl groups is 2. The number of rotatable bonds is 74. The minimum Gasteiger partial charge on any atom is -0.466 e. The summed E-state index contributed by atoms with van der Waals surface area (Å²) in [6.07, 6.45) is 95.5. The van der Waals surface area contributed by atoms with Crippen molar-refractivity contribution in [3.63, 3.8) is 0 Å². The molecule has 0 aliphatic rings. The summed E-state index contributed by atoms with van der Waals surface area (Å²) in [5, 5.41) is 23.5. The van der Waals surface area contributed by atoms with Crippen LogP contribution in [0.4, 0.5) is 0 Å². The fraction of sp³-hybridized carbons (Fsp3) is 0.924.